The normalized spacial score (nSPS) is 11.4. The fourth-order valence-electron chi connectivity index (χ4n) is 2.36. The van der Waals surface area contributed by atoms with Gasteiger partial charge in [-0.1, -0.05) is 12.1 Å². The van der Waals surface area contributed by atoms with E-state index in [9.17, 15) is 8.42 Å². The Labute approximate surface area is 151 Å². The van der Waals surface area contributed by atoms with Crippen molar-refractivity contribution >= 4 is 21.4 Å². The van der Waals surface area contributed by atoms with Crippen LogP contribution in [0.4, 0.5) is 0 Å². The molecule has 0 saturated heterocycles. The highest BCUT2D eigenvalue weighted by Gasteiger charge is 2.19. The molecule has 5 nitrogen and oxygen atoms in total. The van der Waals surface area contributed by atoms with Crippen molar-refractivity contribution in [1.29, 1.82) is 0 Å². The van der Waals surface area contributed by atoms with E-state index in [2.05, 4.69) is 9.71 Å². The molecule has 0 fully saturated rings. The number of benzene rings is 1. The Balaban J connectivity index is 1.78. The first-order valence-electron chi connectivity index (χ1n) is 7.79. The molecule has 25 heavy (non-hydrogen) atoms. The van der Waals surface area contributed by atoms with Crippen LogP contribution < -0.4 is 9.46 Å². The molecule has 0 aliphatic heterocycles. The van der Waals surface area contributed by atoms with Crippen molar-refractivity contribution in [3.63, 3.8) is 0 Å². The van der Waals surface area contributed by atoms with Crippen molar-refractivity contribution in [2.45, 2.75) is 18.4 Å². The summed E-state index contributed by atoms with van der Waals surface area (Å²) in [6, 6.07) is 12.3. The average Bonchev–Trinajstić information content (AvgIpc) is 3.16. The first kappa shape index (κ1) is 17.6. The zero-order valence-electron chi connectivity index (χ0n) is 13.7. The van der Waals surface area contributed by atoms with Crippen molar-refractivity contribution < 1.29 is 13.2 Å². The minimum Gasteiger partial charge on any atom is -0.492 e. The maximum absolute atomic E-state index is 12.6. The van der Waals surface area contributed by atoms with Gasteiger partial charge in [0.15, 0.2) is 0 Å². The molecule has 3 aromatic rings. The zero-order valence-corrected chi connectivity index (χ0v) is 15.3. The molecule has 2 aromatic heterocycles. The molecule has 130 valence electrons. The minimum atomic E-state index is -3.67. The van der Waals surface area contributed by atoms with Crippen LogP contribution in [0.5, 0.6) is 5.75 Å². The SMILES string of the molecule is CCOc1ccccc1S(=O)(=O)NCc1ccnc(-c2ccsc2)c1. The number of thiophene rings is 1. The second kappa shape index (κ2) is 7.77. The number of sulfonamides is 1. The van der Waals surface area contributed by atoms with E-state index in [1.165, 1.54) is 6.07 Å². The number of aromatic nitrogens is 1. The summed E-state index contributed by atoms with van der Waals surface area (Å²) in [5, 5.41) is 3.99. The topological polar surface area (TPSA) is 68.3 Å². The lowest BCUT2D eigenvalue weighted by Gasteiger charge is -2.12. The molecule has 0 bridgehead atoms. The maximum atomic E-state index is 12.6. The monoisotopic (exact) mass is 374 g/mol. The largest absolute Gasteiger partial charge is 0.492 e. The van der Waals surface area contributed by atoms with Gasteiger partial charge in [0.2, 0.25) is 10.0 Å². The first-order valence-corrected chi connectivity index (χ1v) is 10.2. The summed E-state index contributed by atoms with van der Waals surface area (Å²) in [7, 11) is -3.67. The Morgan fingerprint density at radius 1 is 1.20 bits per heavy atom. The van der Waals surface area contributed by atoms with Crippen LogP contribution in [0.25, 0.3) is 11.3 Å². The average molecular weight is 374 g/mol. The van der Waals surface area contributed by atoms with E-state index in [-0.39, 0.29) is 11.4 Å². The van der Waals surface area contributed by atoms with Crippen LogP contribution in [-0.4, -0.2) is 20.0 Å². The van der Waals surface area contributed by atoms with Crippen LogP contribution in [0.2, 0.25) is 0 Å². The highest BCUT2D eigenvalue weighted by molar-refractivity contribution is 7.89. The van der Waals surface area contributed by atoms with Gasteiger partial charge in [-0.2, -0.15) is 11.3 Å². The molecule has 0 aliphatic rings. The molecule has 1 aromatic carbocycles. The molecule has 0 amide bonds. The van der Waals surface area contributed by atoms with Gasteiger partial charge in [-0.15, -0.1) is 0 Å². The van der Waals surface area contributed by atoms with E-state index in [1.807, 2.05) is 29.8 Å². The number of nitrogens with one attached hydrogen (secondary N) is 1. The Morgan fingerprint density at radius 2 is 2.04 bits per heavy atom. The first-order chi connectivity index (χ1) is 12.1. The Kier molecular flexibility index (Phi) is 5.47. The number of rotatable bonds is 7. The van der Waals surface area contributed by atoms with Crippen molar-refractivity contribution in [2.24, 2.45) is 0 Å². The molecule has 2 heterocycles. The highest BCUT2D eigenvalue weighted by atomic mass is 32.2. The summed E-state index contributed by atoms with van der Waals surface area (Å²) in [6.07, 6.45) is 1.69. The second-order valence-corrected chi connectivity index (χ2v) is 7.78. The summed E-state index contributed by atoms with van der Waals surface area (Å²) in [5.41, 5.74) is 2.69. The van der Waals surface area contributed by atoms with Gasteiger partial charge in [-0.05, 0) is 48.2 Å². The van der Waals surface area contributed by atoms with Gasteiger partial charge < -0.3 is 4.74 Å². The molecular formula is C18H18N2O3S2. The highest BCUT2D eigenvalue weighted by Crippen LogP contribution is 2.24. The molecular weight excluding hydrogens is 356 g/mol. The molecule has 1 N–H and O–H groups in total. The molecule has 0 atom stereocenters. The lowest BCUT2D eigenvalue weighted by molar-refractivity contribution is 0.331. The van der Waals surface area contributed by atoms with E-state index in [0.717, 1.165) is 16.8 Å². The lowest BCUT2D eigenvalue weighted by Crippen LogP contribution is -2.24. The fraction of sp³-hybridized carbons (Fsp3) is 0.167. The van der Waals surface area contributed by atoms with Gasteiger partial charge in [-0.25, -0.2) is 13.1 Å². The number of para-hydroxylation sites is 1. The smallest absolute Gasteiger partial charge is 0.244 e. The Bertz CT molecular complexity index is 938. The molecule has 3 rings (SSSR count). The molecule has 0 saturated carbocycles. The van der Waals surface area contributed by atoms with Gasteiger partial charge >= 0.3 is 0 Å². The third-order valence-corrected chi connectivity index (χ3v) is 5.67. The van der Waals surface area contributed by atoms with E-state index >= 15 is 0 Å². The minimum absolute atomic E-state index is 0.143. The number of ether oxygens (including phenoxy) is 1. The van der Waals surface area contributed by atoms with Crippen molar-refractivity contribution in [2.75, 3.05) is 6.61 Å². The lowest BCUT2D eigenvalue weighted by atomic mass is 10.1. The van der Waals surface area contributed by atoms with Crippen molar-refractivity contribution in [3.05, 3.63) is 65.0 Å². The van der Waals surface area contributed by atoms with Crippen LogP contribution >= 0.6 is 11.3 Å². The van der Waals surface area contributed by atoms with Crippen LogP contribution in [0.3, 0.4) is 0 Å². The number of pyridine rings is 1. The summed E-state index contributed by atoms with van der Waals surface area (Å²) in [6.45, 7) is 2.41. The van der Waals surface area contributed by atoms with Gasteiger partial charge in [-0.3, -0.25) is 4.98 Å². The summed E-state index contributed by atoms with van der Waals surface area (Å²) < 4.78 is 33.3. The van der Waals surface area contributed by atoms with E-state index in [4.69, 9.17) is 4.74 Å². The van der Waals surface area contributed by atoms with Gasteiger partial charge in [0.05, 0.1) is 12.3 Å². The Hall–Kier alpha value is -2.22. The van der Waals surface area contributed by atoms with Gasteiger partial charge in [0.1, 0.15) is 10.6 Å². The second-order valence-electron chi connectivity index (χ2n) is 5.27. The van der Waals surface area contributed by atoms with Crippen LogP contribution in [0.15, 0.2) is 64.3 Å². The third-order valence-electron chi connectivity index (χ3n) is 3.55. The van der Waals surface area contributed by atoms with Crippen LogP contribution in [-0.2, 0) is 16.6 Å². The van der Waals surface area contributed by atoms with Gasteiger partial charge in [0, 0.05) is 23.7 Å². The van der Waals surface area contributed by atoms with Crippen LogP contribution in [0.1, 0.15) is 12.5 Å². The quantitative estimate of drug-likeness (QED) is 0.685. The molecule has 7 heteroatoms. The fourth-order valence-corrected chi connectivity index (χ4v) is 4.17. The molecule has 0 radical (unpaired) electrons. The van der Waals surface area contributed by atoms with Gasteiger partial charge in [0.25, 0.3) is 0 Å². The van der Waals surface area contributed by atoms with Crippen molar-refractivity contribution in [3.8, 4) is 17.0 Å². The summed E-state index contributed by atoms with van der Waals surface area (Å²) in [5.74, 6) is 0.353. The standard InChI is InChI=1S/C18H18N2O3S2/c1-2-23-17-5-3-4-6-18(17)25(21,22)20-12-14-7-9-19-16(11-14)15-8-10-24-13-15/h3-11,13,20H,2,12H2,1H3. The predicted molar refractivity (Wildman–Crippen MR) is 99.2 cm³/mol. The maximum Gasteiger partial charge on any atom is 0.244 e. The van der Waals surface area contributed by atoms with Crippen molar-refractivity contribution in [1.82, 2.24) is 9.71 Å². The van der Waals surface area contributed by atoms with E-state index in [0.29, 0.717) is 12.4 Å². The Morgan fingerprint density at radius 3 is 2.80 bits per heavy atom. The number of hydrogen-bond acceptors (Lipinski definition) is 5. The molecule has 0 spiro atoms. The summed E-state index contributed by atoms with van der Waals surface area (Å²) in [4.78, 5) is 4.47. The number of hydrogen-bond donors (Lipinski definition) is 1. The van der Waals surface area contributed by atoms with E-state index < -0.39 is 10.0 Å². The third kappa shape index (κ3) is 4.25. The summed E-state index contributed by atoms with van der Waals surface area (Å²) >= 11 is 1.60. The van der Waals surface area contributed by atoms with E-state index in [1.54, 1.807) is 41.8 Å². The molecule has 0 unspecified atom stereocenters. The number of nitrogens with zero attached hydrogens (tertiary/aromatic N) is 1. The predicted octanol–water partition coefficient (Wildman–Crippen LogP) is 3.69. The van der Waals surface area contributed by atoms with Crippen LogP contribution in [0, 0.1) is 0 Å². The zero-order chi connectivity index (χ0) is 17.7. The molecule has 0 aliphatic carbocycles.